The van der Waals surface area contributed by atoms with Gasteiger partial charge in [-0.05, 0) is 63.2 Å². The minimum atomic E-state index is 0.711. The van der Waals surface area contributed by atoms with Crippen molar-refractivity contribution in [2.24, 2.45) is 5.92 Å². The molecule has 0 amide bonds. The van der Waals surface area contributed by atoms with Crippen molar-refractivity contribution in [2.45, 2.75) is 19.4 Å². The van der Waals surface area contributed by atoms with Crippen molar-refractivity contribution in [3.63, 3.8) is 0 Å². The van der Waals surface area contributed by atoms with Gasteiger partial charge in [-0.25, -0.2) is 0 Å². The molecule has 2 aromatic rings. The van der Waals surface area contributed by atoms with E-state index in [1.807, 2.05) is 12.1 Å². The highest BCUT2D eigenvalue weighted by Crippen LogP contribution is 2.27. The zero-order chi connectivity index (χ0) is 14.1. The summed E-state index contributed by atoms with van der Waals surface area (Å²) >= 11 is 5.49. The topological polar surface area (TPSA) is 33.2 Å². The van der Waals surface area contributed by atoms with E-state index in [-0.39, 0.29) is 0 Å². The van der Waals surface area contributed by atoms with Crippen LogP contribution in [0.2, 0.25) is 0 Å². The highest BCUT2D eigenvalue weighted by molar-refractivity contribution is 7.71. The second-order valence-corrected chi connectivity index (χ2v) is 6.03. The van der Waals surface area contributed by atoms with Crippen molar-refractivity contribution >= 4 is 23.3 Å². The first kappa shape index (κ1) is 13.6. The van der Waals surface area contributed by atoms with Gasteiger partial charge in [0.05, 0.1) is 12.6 Å². The van der Waals surface area contributed by atoms with Gasteiger partial charge in [-0.1, -0.05) is 6.07 Å². The SMILES string of the molecule is COc1cccc2c1[nH]c(=S)n2CC1CCN(C)CC1. The van der Waals surface area contributed by atoms with E-state index in [1.54, 1.807) is 7.11 Å². The van der Waals surface area contributed by atoms with Gasteiger partial charge in [-0.3, -0.25) is 0 Å². The Balaban J connectivity index is 1.92. The number of H-pyrrole nitrogens is 1. The second kappa shape index (κ2) is 5.58. The van der Waals surface area contributed by atoms with Gasteiger partial charge in [0.25, 0.3) is 0 Å². The van der Waals surface area contributed by atoms with Gasteiger partial charge in [-0.2, -0.15) is 0 Å². The third kappa shape index (κ3) is 2.47. The Morgan fingerprint density at radius 1 is 1.35 bits per heavy atom. The molecule has 0 saturated carbocycles. The van der Waals surface area contributed by atoms with E-state index in [4.69, 9.17) is 17.0 Å². The first-order valence-corrected chi connectivity index (χ1v) is 7.54. The molecule has 1 aromatic heterocycles. The summed E-state index contributed by atoms with van der Waals surface area (Å²) in [7, 11) is 3.89. The molecular weight excluding hydrogens is 270 g/mol. The number of likely N-dealkylation sites (tertiary alicyclic amines) is 1. The molecule has 20 heavy (non-hydrogen) atoms. The monoisotopic (exact) mass is 291 g/mol. The molecule has 0 unspecified atom stereocenters. The normalized spacial score (nSPS) is 17.7. The quantitative estimate of drug-likeness (QED) is 0.882. The van der Waals surface area contributed by atoms with Crippen molar-refractivity contribution in [3.05, 3.63) is 23.0 Å². The average Bonchev–Trinajstić information content (AvgIpc) is 2.77. The number of rotatable bonds is 3. The summed E-state index contributed by atoms with van der Waals surface area (Å²) < 4.78 is 8.42. The lowest BCUT2D eigenvalue weighted by molar-refractivity contribution is 0.206. The fraction of sp³-hybridized carbons (Fsp3) is 0.533. The van der Waals surface area contributed by atoms with Crippen LogP contribution < -0.4 is 4.74 Å². The molecule has 1 N–H and O–H groups in total. The van der Waals surface area contributed by atoms with E-state index in [0.717, 1.165) is 28.1 Å². The van der Waals surface area contributed by atoms with E-state index in [1.165, 1.54) is 25.9 Å². The zero-order valence-corrected chi connectivity index (χ0v) is 12.9. The Morgan fingerprint density at radius 3 is 2.80 bits per heavy atom. The molecule has 108 valence electrons. The number of ether oxygens (including phenoxy) is 1. The Labute approximate surface area is 124 Å². The number of benzene rings is 1. The molecule has 1 saturated heterocycles. The fourth-order valence-corrected chi connectivity index (χ4v) is 3.28. The van der Waals surface area contributed by atoms with Gasteiger partial charge in [-0.15, -0.1) is 0 Å². The number of hydrogen-bond acceptors (Lipinski definition) is 3. The Kier molecular flexibility index (Phi) is 3.81. The number of imidazole rings is 1. The highest BCUT2D eigenvalue weighted by atomic mass is 32.1. The summed E-state index contributed by atoms with van der Waals surface area (Å²) in [6, 6.07) is 6.10. The third-order valence-corrected chi connectivity index (χ3v) is 4.59. The van der Waals surface area contributed by atoms with Gasteiger partial charge in [0.2, 0.25) is 0 Å². The number of piperidine rings is 1. The van der Waals surface area contributed by atoms with E-state index in [9.17, 15) is 0 Å². The highest BCUT2D eigenvalue weighted by Gasteiger charge is 2.19. The number of para-hydroxylation sites is 1. The number of methoxy groups -OCH3 is 1. The molecule has 0 atom stereocenters. The maximum atomic E-state index is 5.49. The standard InChI is InChI=1S/C15H21N3OS/c1-17-8-6-11(7-9-17)10-18-12-4-3-5-13(19-2)14(12)16-15(18)20/h3-5,11H,6-10H2,1-2H3,(H,16,20). The summed E-state index contributed by atoms with van der Waals surface area (Å²) in [5.74, 6) is 1.57. The van der Waals surface area contributed by atoms with Crippen LogP contribution in [-0.2, 0) is 6.54 Å². The summed E-state index contributed by atoms with van der Waals surface area (Å²) in [5, 5.41) is 0. The van der Waals surface area contributed by atoms with Crippen molar-refractivity contribution in [1.82, 2.24) is 14.5 Å². The average molecular weight is 291 g/mol. The summed E-state index contributed by atoms with van der Waals surface area (Å²) in [6.45, 7) is 3.37. The Morgan fingerprint density at radius 2 is 2.10 bits per heavy atom. The van der Waals surface area contributed by atoms with Crippen LogP contribution in [0.15, 0.2) is 18.2 Å². The van der Waals surface area contributed by atoms with Crippen molar-refractivity contribution in [2.75, 3.05) is 27.2 Å². The second-order valence-electron chi connectivity index (χ2n) is 5.64. The maximum absolute atomic E-state index is 5.49. The van der Waals surface area contributed by atoms with Crippen LogP contribution in [0.25, 0.3) is 11.0 Å². The smallest absolute Gasteiger partial charge is 0.178 e. The summed E-state index contributed by atoms with van der Waals surface area (Å²) in [6.07, 6.45) is 2.49. The maximum Gasteiger partial charge on any atom is 0.178 e. The molecule has 1 fully saturated rings. The number of aromatic nitrogens is 2. The van der Waals surface area contributed by atoms with Crippen LogP contribution >= 0.6 is 12.2 Å². The first-order valence-electron chi connectivity index (χ1n) is 7.13. The van der Waals surface area contributed by atoms with Gasteiger partial charge in [0, 0.05) is 6.54 Å². The van der Waals surface area contributed by atoms with Crippen LogP contribution in [-0.4, -0.2) is 41.7 Å². The van der Waals surface area contributed by atoms with Gasteiger partial charge < -0.3 is 19.2 Å². The molecular formula is C15H21N3OS. The lowest BCUT2D eigenvalue weighted by atomic mass is 9.97. The summed E-state index contributed by atoms with van der Waals surface area (Å²) in [4.78, 5) is 5.68. The molecule has 1 aromatic carbocycles. The van der Waals surface area contributed by atoms with E-state index in [2.05, 4.69) is 27.6 Å². The molecule has 1 aliphatic rings. The number of nitrogens with one attached hydrogen (secondary N) is 1. The minimum Gasteiger partial charge on any atom is -0.494 e. The van der Waals surface area contributed by atoms with Gasteiger partial charge in [0.15, 0.2) is 4.77 Å². The number of nitrogens with zero attached hydrogens (tertiary/aromatic N) is 2. The lowest BCUT2D eigenvalue weighted by Gasteiger charge is -2.29. The number of fused-ring (bicyclic) bond motifs is 1. The van der Waals surface area contributed by atoms with Crippen molar-refractivity contribution in [1.29, 1.82) is 0 Å². The molecule has 0 aliphatic carbocycles. The Bertz CT molecular complexity index is 653. The van der Waals surface area contributed by atoms with E-state index < -0.39 is 0 Å². The van der Waals surface area contributed by atoms with Crippen molar-refractivity contribution < 1.29 is 4.74 Å². The van der Waals surface area contributed by atoms with Gasteiger partial charge >= 0.3 is 0 Å². The minimum absolute atomic E-state index is 0.711. The molecule has 4 nitrogen and oxygen atoms in total. The molecule has 0 radical (unpaired) electrons. The van der Waals surface area contributed by atoms with Crippen LogP contribution in [0.1, 0.15) is 12.8 Å². The van der Waals surface area contributed by atoms with Crippen molar-refractivity contribution in [3.8, 4) is 5.75 Å². The predicted octanol–water partition coefficient (Wildman–Crippen LogP) is 3.05. The molecule has 3 rings (SSSR count). The van der Waals surface area contributed by atoms with Crippen LogP contribution in [0.3, 0.4) is 0 Å². The largest absolute Gasteiger partial charge is 0.494 e. The summed E-state index contributed by atoms with van der Waals surface area (Å²) in [5.41, 5.74) is 2.15. The molecule has 1 aliphatic heterocycles. The molecule has 0 bridgehead atoms. The lowest BCUT2D eigenvalue weighted by Crippen LogP contribution is -2.31. The number of hydrogen-bond donors (Lipinski definition) is 1. The molecule has 2 heterocycles. The fourth-order valence-electron chi connectivity index (χ4n) is 3.01. The predicted molar refractivity (Wildman–Crippen MR) is 83.9 cm³/mol. The zero-order valence-electron chi connectivity index (χ0n) is 12.1. The van der Waals surface area contributed by atoms with Gasteiger partial charge in [0.1, 0.15) is 11.3 Å². The van der Waals surface area contributed by atoms with Crippen LogP contribution in [0.4, 0.5) is 0 Å². The number of aromatic amines is 1. The van der Waals surface area contributed by atoms with Crippen LogP contribution in [0.5, 0.6) is 5.75 Å². The molecule has 0 spiro atoms. The first-order chi connectivity index (χ1) is 9.69. The Hall–Kier alpha value is -1.33. The van der Waals surface area contributed by atoms with E-state index >= 15 is 0 Å². The molecule has 5 heteroatoms. The van der Waals surface area contributed by atoms with E-state index in [0.29, 0.717) is 5.92 Å². The van der Waals surface area contributed by atoms with Crippen LogP contribution in [0, 0.1) is 10.7 Å². The third-order valence-electron chi connectivity index (χ3n) is 4.27.